The molecule has 4 rings (SSSR count). The summed E-state index contributed by atoms with van der Waals surface area (Å²) in [7, 11) is 0. The maximum atomic E-state index is 13.6. The Balaban J connectivity index is 2.00. The van der Waals surface area contributed by atoms with Crippen LogP contribution in [-0.2, 0) is 0 Å². The van der Waals surface area contributed by atoms with E-state index in [-0.39, 0.29) is 5.69 Å². The van der Waals surface area contributed by atoms with Crippen LogP contribution in [0.5, 0.6) is 0 Å². The maximum absolute atomic E-state index is 13.6. The number of halogens is 1. The number of pyridine rings is 2. The Labute approximate surface area is 119 Å². The molecule has 2 N–H and O–H groups in total. The van der Waals surface area contributed by atoms with Crippen molar-refractivity contribution in [3.63, 3.8) is 0 Å². The Morgan fingerprint density at radius 1 is 1.05 bits per heavy atom. The lowest BCUT2D eigenvalue weighted by molar-refractivity contribution is 0.634. The SMILES string of the molecule is Nc1c([19F])ccc2cnc(-n3ccc4ccncc43)cc12. The average molecular weight is 278 g/mol. The molecular weight excluding hydrogens is 267 g/mol. The second-order valence-corrected chi connectivity index (χ2v) is 4.84. The quantitative estimate of drug-likeness (QED) is 0.543. The predicted molar refractivity (Wildman–Crippen MR) is 80.7 cm³/mol. The summed E-state index contributed by atoms with van der Waals surface area (Å²) in [6, 6.07) is 8.74. The van der Waals surface area contributed by atoms with Gasteiger partial charge in [0.05, 0.1) is 17.4 Å². The van der Waals surface area contributed by atoms with E-state index in [2.05, 4.69) is 9.97 Å². The van der Waals surface area contributed by atoms with Gasteiger partial charge in [-0.05, 0) is 30.3 Å². The van der Waals surface area contributed by atoms with Gasteiger partial charge in [0.15, 0.2) is 0 Å². The molecule has 0 saturated carbocycles. The molecule has 1 aromatic carbocycles. The van der Waals surface area contributed by atoms with Crippen molar-refractivity contribution >= 4 is 27.4 Å². The van der Waals surface area contributed by atoms with Gasteiger partial charge in [-0.15, -0.1) is 0 Å². The number of fused-ring (bicyclic) bond motifs is 2. The first kappa shape index (κ1) is 11.8. The van der Waals surface area contributed by atoms with Crippen LogP contribution in [0.4, 0.5) is 10.1 Å². The first-order valence-electron chi connectivity index (χ1n) is 6.49. The normalized spacial score (nSPS) is 11.3. The Bertz CT molecular complexity index is 975. The molecule has 0 atom stereocenters. The molecule has 0 amide bonds. The highest BCUT2D eigenvalue weighted by Crippen LogP contribution is 2.26. The zero-order chi connectivity index (χ0) is 14.4. The van der Waals surface area contributed by atoms with Crippen LogP contribution in [0.15, 0.2) is 55.1 Å². The Hall–Kier alpha value is -2.95. The maximum Gasteiger partial charge on any atom is 0.146 e. The van der Waals surface area contributed by atoms with Gasteiger partial charge < -0.3 is 5.73 Å². The van der Waals surface area contributed by atoms with Crippen LogP contribution in [0.1, 0.15) is 0 Å². The molecule has 0 aliphatic carbocycles. The Kier molecular flexibility index (Phi) is 2.41. The second kappa shape index (κ2) is 4.28. The van der Waals surface area contributed by atoms with Crippen molar-refractivity contribution in [1.29, 1.82) is 0 Å². The smallest absolute Gasteiger partial charge is 0.146 e. The van der Waals surface area contributed by atoms with E-state index in [9.17, 15) is 4.39 Å². The van der Waals surface area contributed by atoms with Crippen molar-refractivity contribution in [3.8, 4) is 5.82 Å². The van der Waals surface area contributed by atoms with E-state index in [1.54, 1.807) is 30.7 Å². The molecule has 0 fully saturated rings. The van der Waals surface area contributed by atoms with Crippen molar-refractivity contribution in [2.24, 2.45) is 0 Å². The van der Waals surface area contributed by atoms with E-state index < -0.39 is 5.82 Å². The standard InChI is InChI=1S/C16H11FN4/c17-13-2-1-11-8-20-15(7-12(11)16(13)18)21-6-4-10-3-5-19-9-14(10)21/h1-9H,18H2/i17+0. The van der Waals surface area contributed by atoms with Crippen molar-refractivity contribution in [2.45, 2.75) is 0 Å². The summed E-state index contributed by atoms with van der Waals surface area (Å²) >= 11 is 0. The molecule has 21 heavy (non-hydrogen) atoms. The summed E-state index contributed by atoms with van der Waals surface area (Å²) in [6.45, 7) is 0. The number of anilines is 1. The number of hydrogen-bond acceptors (Lipinski definition) is 3. The van der Waals surface area contributed by atoms with Crippen LogP contribution in [0.25, 0.3) is 27.5 Å². The number of benzene rings is 1. The minimum Gasteiger partial charge on any atom is -0.396 e. The fourth-order valence-electron chi connectivity index (χ4n) is 2.51. The molecule has 0 spiro atoms. The zero-order valence-corrected chi connectivity index (χ0v) is 11.0. The Morgan fingerprint density at radius 2 is 1.95 bits per heavy atom. The molecule has 102 valence electrons. The van der Waals surface area contributed by atoms with Crippen molar-refractivity contribution < 1.29 is 4.39 Å². The van der Waals surface area contributed by atoms with Crippen LogP contribution in [0.2, 0.25) is 0 Å². The van der Waals surface area contributed by atoms with E-state index in [1.807, 2.05) is 22.9 Å². The van der Waals surface area contributed by atoms with Crippen LogP contribution < -0.4 is 5.73 Å². The van der Waals surface area contributed by atoms with Gasteiger partial charge >= 0.3 is 0 Å². The van der Waals surface area contributed by atoms with Gasteiger partial charge in [-0.3, -0.25) is 9.55 Å². The lowest BCUT2D eigenvalue weighted by Gasteiger charge is -2.08. The predicted octanol–water partition coefficient (Wildman–Crippen LogP) is 3.30. The molecule has 0 aliphatic heterocycles. The largest absolute Gasteiger partial charge is 0.396 e. The lowest BCUT2D eigenvalue weighted by atomic mass is 10.1. The molecular formula is C16H11FN4. The lowest BCUT2D eigenvalue weighted by Crippen LogP contribution is -1.98. The molecule has 3 aromatic heterocycles. The van der Waals surface area contributed by atoms with Crippen LogP contribution >= 0.6 is 0 Å². The highest BCUT2D eigenvalue weighted by molar-refractivity contribution is 5.94. The van der Waals surface area contributed by atoms with Gasteiger partial charge in [-0.1, -0.05) is 0 Å². The number of nitrogen functional groups attached to an aromatic ring is 1. The molecule has 0 aliphatic rings. The fraction of sp³-hybridized carbons (Fsp3) is 0. The van der Waals surface area contributed by atoms with Crippen LogP contribution in [0, 0.1) is 5.82 Å². The van der Waals surface area contributed by atoms with Gasteiger partial charge in [0.2, 0.25) is 0 Å². The molecule has 0 bridgehead atoms. The number of nitrogens with two attached hydrogens (primary N) is 1. The topological polar surface area (TPSA) is 56.7 Å². The zero-order valence-electron chi connectivity index (χ0n) is 11.0. The van der Waals surface area contributed by atoms with E-state index in [0.717, 1.165) is 16.3 Å². The third-order valence-electron chi connectivity index (χ3n) is 3.62. The summed E-state index contributed by atoms with van der Waals surface area (Å²) in [6.07, 6.45) is 7.13. The van der Waals surface area contributed by atoms with Crippen molar-refractivity contribution in [3.05, 3.63) is 60.9 Å². The molecule has 0 saturated heterocycles. The molecule has 0 radical (unpaired) electrons. The summed E-state index contributed by atoms with van der Waals surface area (Å²) < 4.78 is 15.5. The summed E-state index contributed by atoms with van der Waals surface area (Å²) in [5.41, 5.74) is 6.92. The van der Waals surface area contributed by atoms with Crippen molar-refractivity contribution in [2.75, 3.05) is 5.73 Å². The van der Waals surface area contributed by atoms with E-state index >= 15 is 0 Å². The van der Waals surface area contributed by atoms with Gasteiger partial charge in [0, 0.05) is 34.7 Å². The van der Waals surface area contributed by atoms with Crippen LogP contribution in [-0.4, -0.2) is 14.5 Å². The third kappa shape index (κ3) is 1.74. The number of hydrogen-bond donors (Lipinski definition) is 1. The summed E-state index contributed by atoms with van der Waals surface area (Å²) in [5, 5.41) is 2.54. The molecule has 4 nitrogen and oxygen atoms in total. The van der Waals surface area contributed by atoms with Gasteiger partial charge in [0.25, 0.3) is 0 Å². The number of aromatic nitrogens is 3. The molecule has 0 unspecified atom stereocenters. The first-order chi connectivity index (χ1) is 10.2. The summed E-state index contributed by atoms with van der Waals surface area (Å²) in [5.74, 6) is 0.265. The highest BCUT2D eigenvalue weighted by atomic mass is 19.1. The third-order valence-corrected chi connectivity index (χ3v) is 3.62. The van der Waals surface area contributed by atoms with Gasteiger partial charge in [-0.2, -0.15) is 0 Å². The summed E-state index contributed by atoms with van der Waals surface area (Å²) in [4.78, 5) is 8.56. The minimum absolute atomic E-state index is 0.144. The van der Waals surface area contributed by atoms with E-state index in [4.69, 9.17) is 5.73 Å². The van der Waals surface area contributed by atoms with Gasteiger partial charge in [-0.25, -0.2) is 9.37 Å². The van der Waals surface area contributed by atoms with E-state index in [1.165, 1.54) is 6.07 Å². The second-order valence-electron chi connectivity index (χ2n) is 4.84. The van der Waals surface area contributed by atoms with E-state index in [0.29, 0.717) is 11.2 Å². The monoisotopic (exact) mass is 278 g/mol. The molecule has 3 heterocycles. The van der Waals surface area contributed by atoms with Gasteiger partial charge in [0.1, 0.15) is 11.6 Å². The fourth-order valence-corrected chi connectivity index (χ4v) is 2.51. The van der Waals surface area contributed by atoms with Crippen molar-refractivity contribution in [1.82, 2.24) is 14.5 Å². The average Bonchev–Trinajstić information content (AvgIpc) is 2.95. The molecule has 5 heteroatoms. The number of rotatable bonds is 1. The molecule has 4 aromatic rings. The Morgan fingerprint density at radius 3 is 2.86 bits per heavy atom. The van der Waals surface area contributed by atoms with Crippen LogP contribution in [0.3, 0.4) is 0 Å². The first-order valence-corrected chi connectivity index (χ1v) is 6.49. The minimum atomic E-state index is -0.418. The number of nitrogens with zero attached hydrogens (tertiary/aromatic N) is 3. The highest BCUT2D eigenvalue weighted by Gasteiger charge is 2.08.